The normalized spacial score (nSPS) is 11.0. The van der Waals surface area contributed by atoms with E-state index in [1.54, 1.807) is 0 Å². The smallest absolute Gasteiger partial charge is 0.0885 e. The first-order chi connectivity index (χ1) is 8.45. The minimum absolute atomic E-state index is 0.0171. The standard InChI is InChI=1S/C15H20N2O/c1-9-6-10(2)12(4)15(11(9)3)14-7-13(8-18)16-17(14)5/h6-7,18H,8H2,1-5H3. The van der Waals surface area contributed by atoms with E-state index >= 15 is 0 Å². The summed E-state index contributed by atoms with van der Waals surface area (Å²) in [6.45, 7) is 8.53. The summed E-state index contributed by atoms with van der Waals surface area (Å²) in [6.07, 6.45) is 0. The van der Waals surface area contributed by atoms with Crippen LogP contribution in [0.1, 0.15) is 27.9 Å². The van der Waals surface area contributed by atoms with Gasteiger partial charge in [0, 0.05) is 12.6 Å². The molecule has 2 rings (SSSR count). The van der Waals surface area contributed by atoms with Crippen LogP contribution < -0.4 is 0 Å². The van der Waals surface area contributed by atoms with Crippen molar-refractivity contribution in [2.75, 3.05) is 0 Å². The highest BCUT2D eigenvalue weighted by molar-refractivity contribution is 5.71. The van der Waals surface area contributed by atoms with Gasteiger partial charge in [-0.15, -0.1) is 0 Å². The first-order valence-corrected chi connectivity index (χ1v) is 6.17. The second kappa shape index (κ2) is 4.58. The number of hydrogen-bond donors (Lipinski definition) is 1. The van der Waals surface area contributed by atoms with Crippen LogP contribution in [-0.2, 0) is 13.7 Å². The fourth-order valence-electron chi connectivity index (χ4n) is 2.44. The van der Waals surface area contributed by atoms with Crippen LogP contribution in [0.15, 0.2) is 12.1 Å². The number of aliphatic hydroxyl groups is 1. The molecular weight excluding hydrogens is 224 g/mol. The summed E-state index contributed by atoms with van der Waals surface area (Å²) in [5.74, 6) is 0. The lowest BCUT2D eigenvalue weighted by molar-refractivity contribution is 0.275. The first-order valence-electron chi connectivity index (χ1n) is 6.17. The van der Waals surface area contributed by atoms with Gasteiger partial charge >= 0.3 is 0 Å². The second-order valence-corrected chi connectivity index (χ2v) is 4.94. The molecule has 0 aliphatic carbocycles. The zero-order valence-corrected chi connectivity index (χ0v) is 11.7. The third-order valence-corrected chi connectivity index (χ3v) is 3.71. The van der Waals surface area contributed by atoms with E-state index < -0.39 is 0 Å². The Hall–Kier alpha value is -1.61. The molecule has 0 aliphatic rings. The zero-order chi connectivity index (χ0) is 13.4. The predicted molar refractivity (Wildman–Crippen MR) is 73.5 cm³/mol. The molecule has 0 radical (unpaired) electrons. The van der Waals surface area contributed by atoms with E-state index in [0.717, 1.165) is 5.69 Å². The van der Waals surface area contributed by atoms with Crippen LogP contribution in [-0.4, -0.2) is 14.9 Å². The molecule has 1 heterocycles. The molecule has 0 bridgehead atoms. The van der Waals surface area contributed by atoms with Crippen LogP contribution in [0.25, 0.3) is 11.3 Å². The van der Waals surface area contributed by atoms with Gasteiger partial charge in [0.2, 0.25) is 0 Å². The third kappa shape index (κ3) is 1.95. The molecule has 2 aromatic rings. The van der Waals surface area contributed by atoms with Gasteiger partial charge in [0.05, 0.1) is 18.0 Å². The fourth-order valence-corrected chi connectivity index (χ4v) is 2.44. The van der Waals surface area contributed by atoms with Crippen molar-refractivity contribution in [1.82, 2.24) is 9.78 Å². The zero-order valence-electron chi connectivity index (χ0n) is 11.7. The van der Waals surface area contributed by atoms with Crippen LogP contribution >= 0.6 is 0 Å². The molecule has 0 amide bonds. The summed E-state index contributed by atoms with van der Waals surface area (Å²) < 4.78 is 1.85. The van der Waals surface area contributed by atoms with E-state index in [4.69, 9.17) is 0 Å². The average Bonchev–Trinajstić information content (AvgIpc) is 2.69. The SMILES string of the molecule is Cc1cc(C)c(C)c(-c2cc(CO)nn2C)c1C. The molecule has 0 spiro atoms. The molecular formula is C15H20N2O. The van der Waals surface area contributed by atoms with Crippen molar-refractivity contribution in [1.29, 1.82) is 0 Å². The average molecular weight is 244 g/mol. The Morgan fingerprint density at radius 1 is 1.06 bits per heavy atom. The molecule has 3 heteroatoms. The lowest BCUT2D eigenvalue weighted by atomic mass is 9.92. The quantitative estimate of drug-likeness (QED) is 0.882. The molecule has 1 N–H and O–H groups in total. The van der Waals surface area contributed by atoms with Crippen molar-refractivity contribution < 1.29 is 5.11 Å². The summed E-state index contributed by atoms with van der Waals surface area (Å²) >= 11 is 0. The van der Waals surface area contributed by atoms with Crippen molar-refractivity contribution in [3.05, 3.63) is 40.1 Å². The van der Waals surface area contributed by atoms with Gasteiger partial charge in [-0.3, -0.25) is 4.68 Å². The Labute approximate surface area is 108 Å². The van der Waals surface area contributed by atoms with Crippen molar-refractivity contribution in [2.45, 2.75) is 34.3 Å². The lowest BCUT2D eigenvalue weighted by Gasteiger charge is -2.15. The largest absolute Gasteiger partial charge is 0.390 e. The monoisotopic (exact) mass is 244 g/mol. The van der Waals surface area contributed by atoms with Gasteiger partial charge in [-0.25, -0.2) is 0 Å². The molecule has 1 aromatic carbocycles. The number of benzene rings is 1. The highest BCUT2D eigenvalue weighted by Gasteiger charge is 2.14. The van der Waals surface area contributed by atoms with Gasteiger partial charge in [0.1, 0.15) is 0 Å². The highest BCUT2D eigenvalue weighted by Crippen LogP contribution is 2.31. The molecule has 0 atom stereocenters. The molecule has 18 heavy (non-hydrogen) atoms. The van der Waals surface area contributed by atoms with Gasteiger partial charge < -0.3 is 5.11 Å². The summed E-state index contributed by atoms with van der Waals surface area (Å²) in [6, 6.07) is 4.19. The van der Waals surface area contributed by atoms with Gasteiger partial charge in [-0.2, -0.15) is 5.10 Å². The maximum atomic E-state index is 9.19. The summed E-state index contributed by atoms with van der Waals surface area (Å²) in [7, 11) is 1.92. The van der Waals surface area contributed by atoms with Crippen LogP contribution in [0, 0.1) is 27.7 Å². The molecule has 0 saturated carbocycles. The maximum Gasteiger partial charge on any atom is 0.0885 e. The molecule has 0 aliphatic heterocycles. The number of aromatic nitrogens is 2. The van der Waals surface area contributed by atoms with E-state index in [-0.39, 0.29) is 6.61 Å². The van der Waals surface area contributed by atoms with E-state index in [2.05, 4.69) is 38.9 Å². The molecule has 0 saturated heterocycles. The summed E-state index contributed by atoms with van der Waals surface area (Å²) in [5, 5.41) is 13.5. The molecule has 3 nitrogen and oxygen atoms in total. The van der Waals surface area contributed by atoms with Crippen LogP contribution in [0.2, 0.25) is 0 Å². The fraction of sp³-hybridized carbons (Fsp3) is 0.400. The number of nitrogens with zero attached hydrogens (tertiary/aromatic N) is 2. The van der Waals surface area contributed by atoms with E-state index in [9.17, 15) is 5.11 Å². The second-order valence-electron chi connectivity index (χ2n) is 4.94. The van der Waals surface area contributed by atoms with E-state index in [0.29, 0.717) is 5.69 Å². The molecule has 0 unspecified atom stereocenters. The lowest BCUT2D eigenvalue weighted by Crippen LogP contribution is -2.00. The summed E-state index contributed by atoms with van der Waals surface area (Å²) in [5.41, 5.74) is 8.17. The minimum Gasteiger partial charge on any atom is -0.390 e. The van der Waals surface area contributed by atoms with Crippen molar-refractivity contribution >= 4 is 0 Å². The summed E-state index contributed by atoms with van der Waals surface area (Å²) in [4.78, 5) is 0. The van der Waals surface area contributed by atoms with Gasteiger partial charge in [0.25, 0.3) is 0 Å². The third-order valence-electron chi connectivity index (χ3n) is 3.71. The van der Waals surface area contributed by atoms with Gasteiger partial charge in [-0.05, 0) is 56.0 Å². The Morgan fingerprint density at radius 2 is 1.61 bits per heavy atom. The van der Waals surface area contributed by atoms with E-state index in [1.165, 1.54) is 27.8 Å². The number of rotatable bonds is 2. The molecule has 1 aromatic heterocycles. The Balaban J connectivity index is 2.73. The van der Waals surface area contributed by atoms with Gasteiger partial charge in [0.15, 0.2) is 0 Å². The Kier molecular flexibility index (Phi) is 3.26. The highest BCUT2D eigenvalue weighted by atomic mass is 16.3. The molecule has 96 valence electrons. The van der Waals surface area contributed by atoms with Crippen LogP contribution in [0.5, 0.6) is 0 Å². The Bertz CT molecular complexity index is 571. The molecule has 0 fully saturated rings. The number of aliphatic hydroxyl groups excluding tert-OH is 1. The van der Waals surface area contributed by atoms with Crippen LogP contribution in [0.3, 0.4) is 0 Å². The predicted octanol–water partition coefficient (Wildman–Crippen LogP) is 2.81. The minimum atomic E-state index is -0.0171. The van der Waals surface area contributed by atoms with Crippen molar-refractivity contribution in [3.63, 3.8) is 0 Å². The maximum absolute atomic E-state index is 9.19. The Morgan fingerprint density at radius 3 is 2.06 bits per heavy atom. The topological polar surface area (TPSA) is 38.1 Å². The van der Waals surface area contributed by atoms with Crippen molar-refractivity contribution in [3.8, 4) is 11.3 Å². The first kappa shape index (κ1) is 12.8. The van der Waals surface area contributed by atoms with E-state index in [1.807, 2.05) is 17.8 Å². The van der Waals surface area contributed by atoms with Crippen molar-refractivity contribution in [2.24, 2.45) is 7.05 Å². The van der Waals surface area contributed by atoms with Crippen LogP contribution in [0.4, 0.5) is 0 Å². The van der Waals surface area contributed by atoms with Gasteiger partial charge in [-0.1, -0.05) is 6.07 Å². The number of aryl methyl sites for hydroxylation is 3. The number of hydrogen-bond acceptors (Lipinski definition) is 2.